The molecule has 1 N–H and O–H groups in total. The van der Waals surface area contributed by atoms with Crippen molar-refractivity contribution in [2.45, 2.75) is 64.7 Å². The van der Waals surface area contributed by atoms with Crippen molar-refractivity contribution in [1.82, 2.24) is 10.2 Å². The Kier molecular flexibility index (Phi) is 7.24. The van der Waals surface area contributed by atoms with Gasteiger partial charge in [-0.25, -0.2) is 0 Å². The summed E-state index contributed by atoms with van der Waals surface area (Å²) in [6.07, 6.45) is 13.9. The van der Waals surface area contributed by atoms with Crippen LogP contribution in [-0.2, 0) is 4.79 Å². The van der Waals surface area contributed by atoms with Crippen LogP contribution in [0.5, 0.6) is 0 Å². The molecule has 0 bridgehead atoms. The molecule has 2 aliphatic carbocycles. The predicted molar refractivity (Wildman–Crippen MR) is 145 cm³/mol. The lowest BCUT2D eigenvalue weighted by molar-refractivity contribution is -0.121. The average molecular weight is 469 g/mol. The number of nitrogens with one attached hydrogen (secondary N) is 1. The van der Waals surface area contributed by atoms with E-state index in [0.717, 1.165) is 30.8 Å². The van der Waals surface area contributed by atoms with Crippen molar-refractivity contribution in [2.75, 3.05) is 26.2 Å². The van der Waals surface area contributed by atoms with Crippen LogP contribution in [0.2, 0.25) is 0 Å². The van der Waals surface area contributed by atoms with Crippen LogP contribution in [0.4, 0.5) is 0 Å². The van der Waals surface area contributed by atoms with E-state index in [1.807, 2.05) is 0 Å². The Hall–Kier alpha value is -2.65. The molecule has 1 fully saturated rings. The molecule has 0 atom stereocenters. The van der Waals surface area contributed by atoms with E-state index in [2.05, 4.69) is 84.7 Å². The average Bonchev–Trinajstić information content (AvgIpc) is 3.03. The Balaban J connectivity index is 1.18. The molecule has 1 amide bonds. The Morgan fingerprint density at radius 3 is 2.17 bits per heavy atom. The quantitative estimate of drug-likeness (QED) is 0.527. The molecule has 1 spiro atoms. The molecule has 0 aromatic heterocycles. The highest BCUT2D eigenvalue weighted by Crippen LogP contribution is 2.52. The van der Waals surface area contributed by atoms with Crippen LogP contribution in [0.15, 0.2) is 71.8 Å². The number of allylic oxidation sites excluding steroid dienone is 4. The zero-order valence-corrected chi connectivity index (χ0v) is 21.5. The summed E-state index contributed by atoms with van der Waals surface area (Å²) in [4.78, 5) is 16.0. The third-order valence-electron chi connectivity index (χ3n) is 8.62. The molecule has 3 aliphatic rings. The molecule has 0 unspecified atom stereocenters. The maximum Gasteiger partial charge on any atom is 0.232 e. The van der Waals surface area contributed by atoms with Gasteiger partial charge >= 0.3 is 0 Å². The van der Waals surface area contributed by atoms with Gasteiger partial charge in [-0.1, -0.05) is 77.4 Å². The molecule has 2 aromatic rings. The highest BCUT2D eigenvalue weighted by atomic mass is 16.1. The second kappa shape index (κ2) is 10.5. The molecule has 184 valence electrons. The van der Waals surface area contributed by atoms with Crippen LogP contribution < -0.4 is 5.32 Å². The van der Waals surface area contributed by atoms with Crippen molar-refractivity contribution in [3.8, 4) is 0 Å². The molecule has 35 heavy (non-hydrogen) atoms. The molecule has 1 saturated heterocycles. The number of hydrogen-bond acceptors (Lipinski definition) is 2. The van der Waals surface area contributed by atoms with E-state index in [4.69, 9.17) is 0 Å². The summed E-state index contributed by atoms with van der Waals surface area (Å²) in [5.74, 6) is -0.174. The number of hydrogen-bond donors (Lipinski definition) is 1. The van der Waals surface area contributed by atoms with Gasteiger partial charge in [-0.3, -0.25) is 4.79 Å². The smallest absolute Gasteiger partial charge is 0.232 e. The summed E-state index contributed by atoms with van der Waals surface area (Å²) in [7, 11) is 0. The third-order valence-corrected chi connectivity index (χ3v) is 8.62. The molecule has 0 saturated carbocycles. The first-order valence-corrected chi connectivity index (χ1v) is 13.6. The van der Waals surface area contributed by atoms with Crippen LogP contribution in [0.25, 0.3) is 0 Å². The number of aryl methyl sites for hydroxylation is 2. The van der Waals surface area contributed by atoms with Gasteiger partial charge in [-0.2, -0.15) is 0 Å². The van der Waals surface area contributed by atoms with Crippen molar-refractivity contribution in [2.24, 2.45) is 5.41 Å². The van der Waals surface area contributed by atoms with Crippen molar-refractivity contribution < 1.29 is 4.79 Å². The first kappa shape index (κ1) is 24.1. The van der Waals surface area contributed by atoms with Gasteiger partial charge < -0.3 is 10.2 Å². The van der Waals surface area contributed by atoms with Crippen LogP contribution in [0.3, 0.4) is 0 Å². The largest absolute Gasteiger partial charge is 0.354 e. The first-order valence-electron chi connectivity index (χ1n) is 13.6. The van der Waals surface area contributed by atoms with E-state index in [9.17, 15) is 4.79 Å². The van der Waals surface area contributed by atoms with Crippen LogP contribution >= 0.6 is 0 Å². The summed E-state index contributed by atoms with van der Waals surface area (Å²) in [5, 5.41) is 3.27. The minimum Gasteiger partial charge on any atom is -0.354 e. The molecular weight excluding hydrogens is 428 g/mol. The van der Waals surface area contributed by atoms with Crippen LogP contribution in [0.1, 0.15) is 73.1 Å². The number of fused-ring (bicyclic) bond motifs is 1. The van der Waals surface area contributed by atoms with Gasteiger partial charge in [-0.15, -0.1) is 0 Å². The second-order valence-electron chi connectivity index (χ2n) is 11.0. The molecule has 0 radical (unpaired) electrons. The van der Waals surface area contributed by atoms with Gasteiger partial charge in [0.2, 0.25) is 5.91 Å². The zero-order valence-electron chi connectivity index (χ0n) is 21.5. The fourth-order valence-corrected chi connectivity index (χ4v) is 6.40. The SMILES string of the molecule is Cc1ccc(C(C(=O)NCCN2CCC3(CCC4=C3C=CCCC4)CC2)c2ccc(C)cc2)cc1. The lowest BCUT2D eigenvalue weighted by Gasteiger charge is -2.41. The van der Waals surface area contributed by atoms with Gasteiger partial charge in [0.1, 0.15) is 0 Å². The van der Waals surface area contributed by atoms with Crippen LogP contribution in [-0.4, -0.2) is 37.0 Å². The van der Waals surface area contributed by atoms with E-state index in [0.29, 0.717) is 12.0 Å². The topological polar surface area (TPSA) is 32.3 Å². The fraction of sp³-hybridized carbons (Fsp3) is 0.469. The summed E-state index contributed by atoms with van der Waals surface area (Å²) >= 11 is 0. The molecule has 3 nitrogen and oxygen atoms in total. The summed E-state index contributed by atoms with van der Waals surface area (Å²) in [5.41, 5.74) is 8.41. The van der Waals surface area contributed by atoms with E-state index in [-0.39, 0.29) is 11.8 Å². The van der Waals surface area contributed by atoms with E-state index < -0.39 is 0 Å². The third kappa shape index (κ3) is 5.30. The van der Waals surface area contributed by atoms with Gasteiger partial charge in [-0.05, 0) is 94.0 Å². The standard InChI is InChI=1S/C32H40N2O/c1-24-8-12-27(13-9-24)30(28-14-10-25(2)11-15-28)31(35)33-20-23-34-21-18-32(19-22-34)17-16-26-6-4-3-5-7-29(26)32/h5,7-15,30H,3-4,6,16-23H2,1-2H3,(H,33,35). The zero-order chi connectivity index (χ0) is 24.3. The molecule has 2 aromatic carbocycles. The Bertz CT molecular complexity index is 1040. The Morgan fingerprint density at radius 2 is 1.54 bits per heavy atom. The monoisotopic (exact) mass is 468 g/mol. The van der Waals surface area contributed by atoms with Crippen LogP contribution in [0, 0.1) is 19.3 Å². The molecule has 1 aliphatic heterocycles. The normalized spacial score (nSPS) is 19.7. The number of nitrogens with zero attached hydrogens (tertiary/aromatic N) is 1. The number of piperidine rings is 1. The van der Waals surface area contributed by atoms with E-state index in [1.54, 1.807) is 11.1 Å². The maximum absolute atomic E-state index is 13.4. The van der Waals surface area contributed by atoms with Crippen molar-refractivity contribution in [3.05, 3.63) is 94.1 Å². The molecule has 1 heterocycles. The first-order chi connectivity index (χ1) is 17.0. The van der Waals surface area contributed by atoms with Gasteiger partial charge in [0, 0.05) is 13.1 Å². The van der Waals surface area contributed by atoms with Gasteiger partial charge in [0.15, 0.2) is 0 Å². The number of carbonyl (C=O) groups is 1. The highest BCUT2D eigenvalue weighted by molar-refractivity contribution is 5.87. The molecule has 3 heteroatoms. The lowest BCUT2D eigenvalue weighted by Crippen LogP contribution is -2.43. The summed E-state index contributed by atoms with van der Waals surface area (Å²) in [6.45, 7) is 8.08. The minimum atomic E-state index is -0.272. The summed E-state index contributed by atoms with van der Waals surface area (Å²) in [6, 6.07) is 16.8. The molecule has 5 rings (SSSR count). The number of amides is 1. The van der Waals surface area contributed by atoms with Crippen molar-refractivity contribution >= 4 is 5.91 Å². The van der Waals surface area contributed by atoms with E-state index in [1.165, 1.54) is 56.1 Å². The number of rotatable bonds is 6. The van der Waals surface area contributed by atoms with Crippen molar-refractivity contribution in [3.63, 3.8) is 0 Å². The highest BCUT2D eigenvalue weighted by Gasteiger charge is 2.41. The molecular formula is C32H40N2O. The van der Waals surface area contributed by atoms with E-state index >= 15 is 0 Å². The van der Waals surface area contributed by atoms with Gasteiger partial charge in [0.05, 0.1) is 5.92 Å². The Labute approximate surface area is 211 Å². The second-order valence-corrected chi connectivity index (χ2v) is 11.0. The summed E-state index contributed by atoms with van der Waals surface area (Å²) < 4.78 is 0. The maximum atomic E-state index is 13.4. The number of likely N-dealkylation sites (tertiary alicyclic amines) is 1. The number of carbonyl (C=O) groups excluding carboxylic acids is 1. The fourth-order valence-electron chi connectivity index (χ4n) is 6.40. The minimum absolute atomic E-state index is 0.0976. The van der Waals surface area contributed by atoms with Gasteiger partial charge in [0.25, 0.3) is 0 Å². The number of benzene rings is 2. The lowest BCUT2D eigenvalue weighted by atomic mass is 9.72. The predicted octanol–water partition coefficient (Wildman–Crippen LogP) is 6.46. The van der Waals surface area contributed by atoms with Crippen molar-refractivity contribution in [1.29, 1.82) is 0 Å². The Morgan fingerprint density at radius 1 is 0.914 bits per heavy atom.